The Kier molecular flexibility index (Phi) is 4.35. The first-order chi connectivity index (χ1) is 6.65. The number of carbonyl (C=O) groups excluding carboxylic acids is 1. The van der Waals surface area contributed by atoms with Crippen molar-refractivity contribution in [3.8, 4) is 0 Å². The molecule has 1 amide bonds. The molecule has 4 nitrogen and oxygen atoms in total. The second-order valence-corrected chi connectivity index (χ2v) is 3.90. The molecule has 0 aliphatic carbocycles. The van der Waals surface area contributed by atoms with Gasteiger partial charge in [-0.2, -0.15) is 0 Å². The lowest BCUT2D eigenvalue weighted by Crippen LogP contribution is -2.42. The van der Waals surface area contributed by atoms with E-state index in [0.29, 0.717) is 12.0 Å². The molecule has 3 N–H and O–H groups in total. The average molecular weight is 200 g/mol. The summed E-state index contributed by atoms with van der Waals surface area (Å²) in [5.74, 6) is 0.235. The summed E-state index contributed by atoms with van der Waals surface area (Å²) in [7, 11) is 0. The zero-order valence-electron chi connectivity index (χ0n) is 8.95. The summed E-state index contributed by atoms with van der Waals surface area (Å²) in [6.07, 6.45) is 2.47. The topological polar surface area (TPSA) is 64.3 Å². The van der Waals surface area contributed by atoms with E-state index in [2.05, 4.69) is 12.2 Å². The van der Waals surface area contributed by atoms with Crippen LogP contribution in [-0.4, -0.2) is 31.2 Å². The van der Waals surface area contributed by atoms with Crippen molar-refractivity contribution < 1.29 is 9.53 Å². The van der Waals surface area contributed by atoms with Gasteiger partial charge in [0.1, 0.15) is 0 Å². The molecule has 0 saturated carbocycles. The molecular weight excluding hydrogens is 180 g/mol. The molecule has 4 heteroatoms. The molecule has 14 heavy (non-hydrogen) atoms. The summed E-state index contributed by atoms with van der Waals surface area (Å²) >= 11 is 0. The van der Waals surface area contributed by atoms with Gasteiger partial charge in [0.05, 0.1) is 12.1 Å². The van der Waals surface area contributed by atoms with E-state index in [-0.39, 0.29) is 11.9 Å². The predicted octanol–water partition coefficient (Wildman–Crippen LogP) is 0.265. The van der Waals surface area contributed by atoms with Gasteiger partial charge in [0, 0.05) is 13.2 Å². The van der Waals surface area contributed by atoms with Crippen LogP contribution in [0.25, 0.3) is 0 Å². The number of hydrogen-bond donors (Lipinski definition) is 2. The molecule has 0 radical (unpaired) electrons. The molecule has 1 aliphatic rings. The third-order valence-electron chi connectivity index (χ3n) is 2.86. The van der Waals surface area contributed by atoms with Crippen molar-refractivity contribution in [3.63, 3.8) is 0 Å². The van der Waals surface area contributed by atoms with E-state index in [9.17, 15) is 4.79 Å². The summed E-state index contributed by atoms with van der Waals surface area (Å²) < 4.78 is 5.55. The van der Waals surface area contributed by atoms with E-state index in [1.54, 1.807) is 6.92 Å². The molecule has 1 saturated heterocycles. The van der Waals surface area contributed by atoms with Crippen molar-refractivity contribution >= 4 is 5.91 Å². The van der Waals surface area contributed by atoms with Gasteiger partial charge in [0.15, 0.2) is 0 Å². The van der Waals surface area contributed by atoms with Crippen LogP contribution < -0.4 is 11.1 Å². The number of nitrogens with two attached hydrogens (primary N) is 1. The van der Waals surface area contributed by atoms with Gasteiger partial charge < -0.3 is 15.8 Å². The normalized spacial score (nSPS) is 29.0. The highest BCUT2D eigenvalue weighted by Crippen LogP contribution is 2.22. The Hall–Kier alpha value is -0.610. The first-order valence-corrected chi connectivity index (χ1v) is 5.29. The fraction of sp³-hybridized carbons (Fsp3) is 0.900. The van der Waals surface area contributed by atoms with E-state index < -0.39 is 0 Å². The fourth-order valence-corrected chi connectivity index (χ4v) is 1.81. The number of nitrogens with one attached hydrogen (secondary N) is 1. The Morgan fingerprint density at radius 3 is 3.00 bits per heavy atom. The highest BCUT2D eigenvalue weighted by atomic mass is 16.5. The molecule has 0 aromatic rings. The minimum Gasteiger partial charge on any atom is -0.378 e. The molecule has 3 atom stereocenters. The Balaban J connectivity index is 2.26. The van der Waals surface area contributed by atoms with Gasteiger partial charge in [0.25, 0.3) is 0 Å². The number of primary amides is 1. The molecule has 1 rings (SSSR count). The maximum atomic E-state index is 10.8. The van der Waals surface area contributed by atoms with Crippen LogP contribution >= 0.6 is 0 Å². The minimum atomic E-state index is -0.294. The summed E-state index contributed by atoms with van der Waals surface area (Å²) in [6, 6.07) is -0.242. The summed E-state index contributed by atoms with van der Waals surface area (Å²) in [6.45, 7) is 5.58. The van der Waals surface area contributed by atoms with Gasteiger partial charge in [-0.1, -0.05) is 6.92 Å². The second kappa shape index (κ2) is 5.32. The van der Waals surface area contributed by atoms with Gasteiger partial charge >= 0.3 is 0 Å². The first-order valence-electron chi connectivity index (χ1n) is 5.29. The Bertz CT molecular complexity index is 197. The fourth-order valence-electron chi connectivity index (χ4n) is 1.81. The number of carbonyl (C=O) groups is 1. The van der Waals surface area contributed by atoms with Crippen LogP contribution in [0.3, 0.4) is 0 Å². The van der Waals surface area contributed by atoms with Crippen LogP contribution in [0.4, 0.5) is 0 Å². The monoisotopic (exact) mass is 200 g/mol. The maximum absolute atomic E-state index is 10.8. The van der Waals surface area contributed by atoms with Crippen LogP contribution in [0.15, 0.2) is 0 Å². The van der Waals surface area contributed by atoms with Crippen molar-refractivity contribution in [3.05, 3.63) is 0 Å². The smallest absolute Gasteiger partial charge is 0.234 e. The Labute approximate surface area is 85.2 Å². The molecule has 0 aromatic heterocycles. The number of amides is 1. The lowest BCUT2D eigenvalue weighted by molar-refractivity contribution is -0.119. The summed E-state index contributed by atoms with van der Waals surface area (Å²) in [5, 5.41) is 3.13. The zero-order valence-corrected chi connectivity index (χ0v) is 8.95. The molecule has 0 aromatic carbocycles. The third kappa shape index (κ3) is 2.96. The molecular formula is C10H20N2O2. The second-order valence-electron chi connectivity index (χ2n) is 3.90. The van der Waals surface area contributed by atoms with Gasteiger partial charge in [-0.15, -0.1) is 0 Å². The predicted molar refractivity (Wildman–Crippen MR) is 54.8 cm³/mol. The quantitative estimate of drug-likeness (QED) is 0.669. The van der Waals surface area contributed by atoms with Crippen molar-refractivity contribution in [2.75, 3.05) is 13.2 Å². The standard InChI is InChI=1S/C10H20N2O2/c1-3-9-8(4-5-14-9)6-12-7(2)10(11)13/h7-9,12H,3-6H2,1-2H3,(H2,11,13). The van der Waals surface area contributed by atoms with Gasteiger partial charge in [-0.25, -0.2) is 0 Å². The van der Waals surface area contributed by atoms with Crippen LogP contribution in [-0.2, 0) is 9.53 Å². The van der Waals surface area contributed by atoms with Crippen molar-refractivity contribution in [2.24, 2.45) is 11.7 Å². The van der Waals surface area contributed by atoms with Gasteiger partial charge in [-0.05, 0) is 25.7 Å². The first kappa shape index (κ1) is 11.5. The van der Waals surface area contributed by atoms with Crippen LogP contribution in [0.5, 0.6) is 0 Å². The molecule has 1 heterocycles. The number of hydrogen-bond acceptors (Lipinski definition) is 3. The molecule has 3 unspecified atom stereocenters. The van der Waals surface area contributed by atoms with E-state index in [4.69, 9.17) is 10.5 Å². The van der Waals surface area contributed by atoms with E-state index in [0.717, 1.165) is 26.0 Å². The SMILES string of the molecule is CCC1OCCC1CNC(C)C(N)=O. The lowest BCUT2D eigenvalue weighted by Gasteiger charge is -2.19. The Morgan fingerprint density at radius 1 is 1.71 bits per heavy atom. The van der Waals surface area contributed by atoms with Crippen LogP contribution in [0.2, 0.25) is 0 Å². The van der Waals surface area contributed by atoms with Crippen LogP contribution in [0.1, 0.15) is 26.7 Å². The van der Waals surface area contributed by atoms with Gasteiger partial charge in [0.2, 0.25) is 5.91 Å². The van der Waals surface area contributed by atoms with E-state index in [1.165, 1.54) is 0 Å². The molecule has 0 spiro atoms. The minimum absolute atomic E-state index is 0.242. The van der Waals surface area contributed by atoms with Gasteiger partial charge in [-0.3, -0.25) is 4.79 Å². The molecule has 0 bridgehead atoms. The summed E-state index contributed by atoms with van der Waals surface area (Å²) in [4.78, 5) is 10.8. The highest BCUT2D eigenvalue weighted by Gasteiger charge is 2.26. The number of ether oxygens (including phenoxy) is 1. The third-order valence-corrected chi connectivity index (χ3v) is 2.86. The number of rotatable bonds is 5. The molecule has 1 fully saturated rings. The molecule has 82 valence electrons. The maximum Gasteiger partial charge on any atom is 0.234 e. The summed E-state index contributed by atoms with van der Waals surface area (Å²) in [5.41, 5.74) is 5.16. The zero-order chi connectivity index (χ0) is 10.6. The van der Waals surface area contributed by atoms with E-state index in [1.807, 2.05) is 0 Å². The highest BCUT2D eigenvalue weighted by molar-refractivity contribution is 5.79. The lowest BCUT2D eigenvalue weighted by atomic mass is 9.99. The van der Waals surface area contributed by atoms with E-state index >= 15 is 0 Å². The van der Waals surface area contributed by atoms with Crippen molar-refractivity contribution in [2.45, 2.75) is 38.8 Å². The largest absolute Gasteiger partial charge is 0.378 e. The Morgan fingerprint density at radius 2 is 2.43 bits per heavy atom. The molecule has 1 aliphatic heterocycles. The van der Waals surface area contributed by atoms with Crippen molar-refractivity contribution in [1.29, 1.82) is 0 Å². The van der Waals surface area contributed by atoms with Crippen LogP contribution in [0, 0.1) is 5.92 Å². The average Bonchev–Trinajstić information content (AvgIpc) is 2.60. The van der Waals surface area contributed by atoms with Crippen molar-refractivity contribution in [1.82, 2.24) is 5.32 Å².